The maximum atomic E-state index is 12.8. The molecule has 23 heavy (non-hydrogen) atoms. The Bertz CT molecular complexity index is 511. The minimum absolute atomic E-state index is 0.0279. The van der Waals surface area contributed by atoms with Gasteiger partial charge < -0.3 is 4.90 Å². The van der Waals surface area contributed by atoms with Gasteiger partial charge in [-0.1, -0.05) is 0 Å². The number of carbonyl (C=O) groups is 1. The van der Waals surface area contributed by atoms with Crippen LogP contribution < -0.4 is 4.90 Å². The molecular weight excluding hydrogens is 307 g/mol. The van der Waals surface area contributed by atoms with Gasteiger partial charge in [0, 0.05) is 18.2 Å². The van der Waals surface area contributed by atoms with Gasteiger partial charge >= 0.3 is 6.18 Å². The predicted molar refractivity (Wildman–Crippen MR) is 82.1 cm³/mol. The predicted octanol–water partition coefficient (Wildman–Crippen LogP) is 3.10. The van der Waals surface area contributed by atoms with E-state index < -0.39 is 12.7 Å². The van der Waals surface area contributed by atoms with E-state index in [0.717, 1.165) is 5.69 Å². The molecule has 0 atom stereocenters. The van der Waals surface area contributed by atoms with E-state index in [-0.39, 0.29) is 17.9 Å². The lowest BCUT2D eigenvalue weighted by molar-refractivity contribution is -0.149. The number of piperidine rings is 1. The number of hydrogen-bond acceptors (Lipinski definition) is 3. The summed E-state index contributed by atoms with van der Waals surface area (Å²) in [5.74, 6) is -0.262. The van der Waals surface area contributed by atoms with E-state index in [9.17, 15) is 18.0 Å². The number of hydrogen-bond donors (Lipinski definition) is 0. The quantitative estimate of drug-likeness (QED) is 0.852. The molecule has 1 fully saturated rings. The molecular formula is C16H22F3N3O. The summed E-state index contributed by atoms with van der Waals surface area (Å²) >= 11 is 0. The van der Waals surface area contributed by atoms with Crippen LogP contribution in [0.5, 0.6) is 0 Å². The highest BCUT2D eigenvalue weighted by Crippen LogP contribution is 2.26. The highest BCUT2D eigenvalue weighted by Gasteiger charge is 2.35. The van der Waals surface area contributed by atoms with Crippen molar-refractivity contribution in [3.05, 3.63) is 24.5 Å². The van der Waals surface area contributed by atoms with E-state index in [1.54, 1.807) is 23.4 Å². The number of carbonyl (C=O) groups excluding carboxylic acids is 1. The molecule has 1 amide bonds. The molecule has 1 aliphatic rings. The van der Waals surface area contributed by atoms with Crippen molar-refractivity contribution in [2.75, 3.05) is 24.5 Å². The second-order valence-corrected chi connectivity index (χ2v) is 6.18. The summed E-state index contributed by atoms with van der Waals surface area (Å²) in [4.78, 5) is 19.9. The summed E-state index contributed by atoms with van der Waals surface area (Å²) in [5, 5.41) is 0. The number of aromatic nitrogens is 1. The summed E-state index contributed by atoms with van der Waals surface area (Å²) < 4.78 is 37.3. The number of anilines is 1. The van der Waals surface area contributed by atoms with E-state index in [1.807, 2.05) is 19.9 Å². The number of pyridine rings is 1. The molecule has 1 saturated heterocycles. The van der Waals surface area contributed by atoms with Crippen LogP contribution in [-0.4, -0.2) is 47.6 Å². The third-order valence-corrected chi connectivity index (χ3v) is 4.02. The molecule has 0 radical (unpaired) electrons. The lowest BCUT2D eigenvalue weighted by atomic mass is 9.94. The molecule has 1 aliphatic heterocycles. The second-order valence-electron chi connectivity index (χ2n) is 6.18. The smallest absolute Gasteiger partial charge is 0.308 e. The third-order valence-electron chi connectivity index (χ3n) is 4.02. The van der Waals surface area contributed by atoms with Crippen molar-refractivity contribution < 1.29 is 18.0 Å². The van der Waals surface area contributed by atoms with Gasteiger partial charge in [0.25, 0.3) is 0 Å². The van der Waals surface area contributed by atoms with Crippen molar-refractivity contribution in [2.45, 2.75) is 38.9 Å². The van der Waals surface area contributed by atoms with Crippen LogP contribution in [0.3, 0.4) is 0 Å². The Kier molecular flexibility index (Phi) is 5.62. The first-order chi connectivity index (χ1) is 10.8. The number of amides is 1. The topological polar surface area (TPSA) is 36.4 Å². The molecule has 1 aromatic heterocycles. The Balaban J connectivity index is 2.00. The van der Waals surface area contributed by atoms with Crippen molar-refractivity contribution in [2.24, 2.45) is 5.92 Å². The maximum Gasteiger partial charge on any atom is 0.401 e. The molecule has 1 aromatic rings. The first kappa shape index (κ1) is 17.7. The molecule has 0 aromatic carbocycles. The van der Waals surface area contributed by atoms with Crippen molar-refractivity contribution in [3.8, 4) is 0 Å². The minimum Gasteiger partial charge on any atom is -0.308 e. The van der Waals surface area contributed by atoms with E-state index in [2.05, 4.69) is 4.98 Å². The Labute approximate surface area is 134 Å². The van der Waals surface area contributed by atoms with Crippen LogP contribution in [0.4, 0.5) is 18.9 Å². The van der Waals surface area contributed by atoms with Crippen LogP contribution in [-0.2, 0) is 4.79 Å². The van der Waals surface area contributed by atoms with Crippen LogP contribution in [0.25, 0.3) is 0 Å². The van der Waals surface area contributed by atoms with E-state index in [4.69, 9.17) is 0 Å². The monoisotopic (exact) mass is 329 g/mol. The van der Waals surface area contributed by atoms with Crippen LogP contribution in [0, 0.1) is 5.92 Å². The van der Waals surface area contributed by atoms with E-state index >= 15 is 0 Å². The van der Waals surface area contributed by atoms with Gasteiger partial charge in [0.05, 0.1) is 18.4 Å². The maximum absolute atomic E-state index is 12.8. The molecule has 0 bridgehead atoms. The Morgan fingerprint density at radius 2 is 2.04 bits per heavy atom. The fourth-order valence-electron chi connectivity index (χ4n) is 2.96. The van der Waals surface area contributed by atoms with Gasteiger partial charge in [-0.3, -0.25) is 14.7 Å². The zero-order chi connectivity index (χ0) is 17.0. The van der Waals surface area contributed by atoms with Crippen LogP contribution >= 0.6 is 0 Å². The normalized spacial score (nSPS) is 17.5. The molecule has 0 spiro atoms. The standard InChI is InChI=1S/C16H22F3N3O/c1-12(2)22(14-4-3-7-20-10-14)15(23)13-5-8-21(9-6-13)11-16(17,18)19/h3-4,7,10,12-13H,5-6,8-9,11H2,1-2H3. The van der Waals surface area contributed by atoms with E-state index in [0.29, 0.717) is 25.9 Å². The summed E-state index contributed by atoms with van der Waals surface area (Å²) in [5.41, 5.74) is 0.727. The zero-order valence-electron chi connectivity index (χ0n) is 13.4. The average Bonchev–Trinajstić information content (AvgIpc) is 2.47. The Morgan fingerprint density at radius 1 is 1.39 bits per heavy atom. The van der Waals surface area contributed by atoms with Crippen LogP contribution in [0.15, 0.2) is 24.5 Å². The van der Waals surface area contributed by atoms with Crippen molar-refractivity contribution in [3.63, 3.8) is 0 Å². The third kappa shape index (κ3) is 4.92. The van der Waals surface area contributed by atoms with Crippen LogP contribution in [0.2, 0.25) is 0 Å². The number of likely N-dealkylation sites (tertiary alicyclic amines) is 1. The van der Waals surface area contributed by atoms with Gasteiger partial charge in [-0.2, -0.15) is 13.2 Å². The van der Waals surface area contributed by atoms with Crippen molar-refractivity contribution in [1.82, 2.24) is 9.88 Å². The lowest BCUT2D eigenvalue weighted by Gasteiger charge is -2.35. The fraction of sp³-hybridized carbons (Fsp3) is 0.625. The molecule has 7 heteroatoms. The SMILES string of the molecule is CC(C)N(C(=O)C1CCN(CC(F)(F)F)CC1)c1cccnc1. The van der Waals surface area contributed by atoms with Gasteiger partial charge in [-0.05, 0) is 51.9 Å². The van der Waals surface area contributed by atoms with Gasteiger partial charge in [0.1, 0.15) is 0 Å². The van der Waals surface area contributed by atoms with E-state index in [1.165, 1.54) is 4.90 Å². The molecule has 2 heterocycles. The summed E-state index contributed by atoms with van der Waals surface area (Å²) in [7, 11) is 0. The van der Waals surface area contributed by atoms with Crippen molar-refractivity contribution in [1.29, 1.82) is 0 Å². The molecule has 0 aliphatic carbocycles. The van der Waals surface area contributed by atoms with Crippen molar-refractivity contribution >= 4 is 11.6 Å². The molecule has 0 N–H and O–H groups in total. The summed E-state index contributed by atoms with van der Waals surface area (Å²) in [6.45, 7) is 3.54. The minimum atomic E-state index is -4.18. The first-order valence-corrected chi connectivity index (χ1v) is 7.80. The second kappa shape index (κ2) is 7.29. The largest absolute Gasteiger partial charge is 0.401 e. The number of rotatable bonds is 4. The highest BCUT2D eigenvalue weighted by atomic mass is 19.4. The average molecular weight is 329 g/mol. The number of nitrogens with zero attached hydrogens (tertiary/aromatic N) is 3. The Morgan fingerprint density at radius 3 is 2.52 bits per heavy atom. The van der Waals surface area contributed by atoms with Gasteiger partial charge in [0.2, 0.25) is 5.91 Å². The lowest BCUT2D eigenvalue weighted by Crippen LogP contribution is -2.47. The number of halogens is 3. The van der Waals surface area contributed by atoms with Crippen LogP contribution in [0.1, 0.15) is 26.7 Å². The Hall–Kier alpha value is -1.63. The summed E-state index contributed by atoms with van der Waals surface area (Å²) in [6, 6.07) is 3.56. The zero-order valence-corrected chi connectivity index (χ0v) is 13.4. The highest BCUT2D eigenvalue weighted by molar-refractivity contribution is 5.95. The molecule has 0 saturated carbocycles. The molecule has 2 rings (SSSR count). The van der Waals surface area contributed by atoms with Gasteiger partial charge in [0.15, 0.2) is 0 Å². The molecule has 128 valence electrons. The van der Waals surface area contributed by atoms with Gasteiger partial charge in [-0.15, -0.1) is 0 Å². The molecule has 0 unspecified atom stereocenters. The summed E-state index contributed by atoms with van der Waals surface area (Å²) in [6.07, 6.45) is 0.00605. The number of alkyl halides is 3. The fourth-order valence-corrected chi connectivity index (χ4v) is 2.96. The molecule has 4 nitrogen and oxygen atoms in total. The first-order valence-electron chi connectivity index (χ1n) is 7.80. The van der Waals surface area contributed by atoms with Gasteiger partial charge in [-0.25, -0.2) is 0 Å².